The number of hydrogen-bond acceptors (Lipinski definition) is 3. The van der Waals surface area contributed by atoms with E-state index in [1.54, 1.807) is 0 Å². The van der Waals surface area contributed by atoms with E-state index in [0.29, 0.717) is 12.1 Å². The number of piperazine rings is 1. The third-order valence-electron chi connectivity index (χ3n) is 5.17. The summed E-state index contributed by atoms with van der Waals surface area (Å²) < 4.78 is 0. The Bertz CT molecular complexity index is 456. The van der Waals surface area contributed by atoms with Crippen molar-refractivity contribution in [1.29, 1.82) is 0 Å². The van der Waals surface area contributed by atoms with Crippen LogP contribution < -0.4 is 10.2 Å². The van der Waals surface area contributed by atoms with Gasteiger partial charge < -0.3 is 10.2 Å². The van der Waals surface area contributed by atoms with E-state index in [4.69, 9.17) is 0 Å². The first-order valence-corrected chi connectivity index (χ1v) is 8.53. The van der Waals surface area contributed by atoms with Gasteiger partial charge in [-0.1, -0.05) is 19.1 Å². The zero-order valence-corrected chi connectivity index (χ0v) is 13.7. The van der Waals surface area contributed by atoms with Gasteiger partial charge in [0.1, 0.15) is 0 Å². The van der Waals surface area contributed by atoms with Gasteiger partial charge in [0.05, 0.1) is 0 Å². The molecule has 3 rings (SSSR count). The Balaban J connectivity index is 1.71. The van der Waals surface area contributed by atoms with Crippen molar-refractivity contribution in [1.82, 2.24) is 10.2 Å². The van der Waals surface area contributed by atoms with Crippen LogP contribution in [0.25, 0.3) is 0 Å². The number of nitrogens with one attached hydrogen (secondary N) is 1. The van der Waals surface area contributed by atoms with Gasteiger partial charge in [-0.25, -0.2) is 0 Å². The van der Waals surface area contributed by atoms with Crippen molar-refractivity contribution in [3.05, 3.63) is 29.8 Å². The third-order valence-corrected chi connectivity index (χ3v) is 5.17. The lowest BCUT2D eigenvalue weighted by atomic mass is 10.0. The van der Waals surface area contributed by atoms with Crippen LogP contribution >= 0.6 is 0 Å². The number of nitrogens with zero attached hydrogens (tertiary/aromatic N) is 2. The SMILES string of the molecule is CCNC(C)c1ccc(N2CC3CCCN3CC2C)cc1. The lowest BCUT2D eigenvalue weighted by molar-refractivity contribution is 0.203. The van der Waals surface area contributed by atoms with Gasteiger partial charge in [0.2, 0.25) is 0 Å². The molecule has 0 aromatic heterocycles. The Morgan fingerprint density at radius 2 is 2.00 bits per heavy atom. The van der Waals surface area contributed by atoms with Crippen LogP contribution in [0.15, 0.2) is 24.3 Å². The average molecular weight is 287 g/mol. The average Bonchev–Trinajstić information content (AvgIpc) is 2.94. The molecule has 0 bridgehead atoms. The molecule has 116 valence electrons. The molecule has 2 fully saturated rings. The van der Waals surface area contributed by atoms with E-state index >= 15 is 0 Å². The monoisotopic (exact) mass is 287 g/mol. The summed E-state index contributed by atoms with van der Waals surface area (Å²) in [5, 5.41) is 3.48. The Morgan fingerprint density at radius 1 is 1.24 bits per heavy atom. The molecule has 2 heterocycles. The summed E-state index contributed by atoms with van der Waals surface area (Å²) in [5.74, 6) is 0. The summed E-state index contributed by atoms with van der Waals surface area (Å²) in [6, 6.07) is 11.0. The highest BCUT2D eigenvalue weighted by molar-refractivity contribution is 5.49. The minimum Gasteiger partial charge on any atom is -0.366 e. The molecule has 2 saturated heterocycles. The Hall–Kier alpha value is -1.06. The molecule has 1 N–H and O–H groups in total. The van der Waals surface area contributed by atoms with Gasteiger partial charge in [-0.2, -0.15) is 0 Å². The van der Waals surface area contributed by atoms with Crippen molar-refractivity contribution in [2.75, 3.05) is 31.1 Å². The predicted octanol–water partition coefficient (Wildman–Crippen LogP) is 3.03. The highest BCUT2D eigenvalue weighted by Crippen LogP contribution is 2.29. The second kappa shape index (κ2) is 6.37. The van der Waals surface area contributed by atoms with Gasteiger partial charge in [-0.15, -0.1) is 0 Å². The van der Waals surface area contributed by atoms with Crippen LogP contribution in [0.5, 0.6) is 0 Å². The van der Waals surface area contributed by atoms with Crippen molar-refractivity contribution in [2.24, 2.45) is 0 Å². The first kappa shape index (κ1) is 14.9. The highest BCUT2D eigenvalue weighted by atomic mass is 15.3. The molecule has 0 radical (unpaired) electrons. The molecule has 0 spiro atoms. The van der Waals surface area contributed by atoms with Crippen LogP contribution in [0, 0.1) is 0 Å². The number of anilines is 1. The van der Waals surface area contributed by atoms with Crippen LogP contribution in [0.3, 0.4) is 0 Å². The summed E-state index contributed by atoms with van der Waals surface area (Å²) in [6.45, 7) is 11.5. The van der Waals surface area contributed by atoms with Crippen LogP contribution in [-0.2, 0) is 0 Å². The largest absolute Gasteiger partial charge is 0.366 e. The summed E-state index contributed by atoms with van der Waals surface area (Å²) in [5.41, 5.74) is 2.77. The van der Waals surface area contributed by atoms with E-state index in [1.807, 2.05) is 0 Å². The van der Waals surface area contributed by atoms with Crippen LogP contribution in [0.2, 0.25) is 0 Å². The zero-order chi connectivity index (χ0) is 14.8. The number of rotatable bonds is 4. The van der Waals surface area contributed by atoms with Gasteiger partial charge in [-0.3, -0.25) is 4.90 Å². The Morgan fingerprint density at radius 3 is 2.71 bits per heavy atom. The standard InChI is InChI=1S/C18H29N3/c1-4-19-15(3)16-7-9-17(10-8-16)21-13-18-6-5-11-20(18)12-14(21)2/h7-10,14-15,18-19H,4-6,11-13H2,1-3H3. The molecule has 3 unspecified atom stereocenters. The summed E-state index contributed by atoms with van der Waals surface area (Å²) in [6.07, 6.45) is 2.75. The minimum atomic E-state index is 0.438. The molecular weight excluding hydrogens is 258 g/mol. The van der Waals surface area contributed by atoms with Gasteiger partial charge >= 0.3 is 0 Å². The molecule has 21 heavy (non-hydrogen) atoms. The molecular formula is C18H29N3. The predicted molar refractivity (Wildman–Crippen MR) is 89.9 cm³/mol. The minimum absolute atomic E-state index is 0.438. The molecule has 3 heteroatoms. The molecule has 1 aromatic carbocycles. The van der Waals surface area contributed by atoms with Crippen molar-refractivity contribution in [3.63, 3.8) is 0 Å². The van der Waals surface area contributed by atoms with Gasteiger partial charge in [-0.05, 0) is 57.5 Å². The fourth-order valence-corrected chi connectivity index (χ4v) is 3.93. The summed E-state index contributed by atoms with van der Waals surface area (Å²) in [4.78, 5) is 5.29. The van der Waals surface area contributed by atoms with E-state index in [1.165, 1.54) is 43.7 Å². The van der Waals surface area contributed by atoms with Gasteiger partial charge in [0, 0.05) is 36.9 Å². The zero-order valence-electron chi connectivity index (χ0n) is 13.7. The highest BCUT2D eigenvalue weighted by Gasteiger charge is 2.34. The van der Waals surface area contributed by atoms with Crippen molar-refractivity contribution in [3.8, 4) is 0 Å². The first-order valence-electron chi connectivity index (χ1n) is 8.53. The smallest absolute Gasteiger partial charge is 0.0389 e. The molecule has 2 aliphatic heterocycles. The third kappa shape index (κ3) is 3.09. The Kier molecular flexibility index (Phi) is 4.51. The topological polar surface area (TPSA) is 18.5 Å². The molecule has 1 aromatic rings. The fourth-order valence-electron chi connectivity index (χ4n) is 3.93. The second-order valence-electron chi connectivity index (χ2n) is 6.66. The maximum absolute atomic E-state index is 3.48. The molecule has 0 saturated carbocycles. The van der Waals surface area contributed by atoms with Gasteiger partial charge in [0.15, 0.2) is 0 Å². The molecule has 3 nitrogen and oxygen atoms in total. The van der Waals surface area contributed by atoms with E-state index in [2.05, 4.69) is 60.2 Å². The molecule has 0 amide bonds. The lowest BCUT2D eigenvalue weighted by Crippen LogP contribution is -2.55. The van der Waals surface area contributed by atoms with Crippen molar-refractivity contribution < 1.29 is 0 Å². The van der Waals surface area contributed by atoms with Crippen molar-refractivity contribution in [2.45, 2.75) is 51.7 Å². The van der Waals surface area contributed by atoms with E-state index < -0.39 is 0 Å². The molecule has 2 aliphatic rings. The second-order valence-corrected chi connectivity index (χ2v) is 6.66. The van der Waals surface area contributed by atoms with Crippen molar-refractivity contribution >= 4 is 5.69 Å². The summed E-state index contributed by atoms with van der Waals surface area (Å²) >= 11 is 0. The lowest BCUT2D eigenvalue weighted by Gasteiger charge is -2.43. The van der Waals surface area contributed by atoms with Crippen LogP contribution in [-0.4, -0.2) is 43.2 Å². The van der Waals surface area contributed by atoms with Crippen LogP contribution in [0.4, 0.5) is 5.69 Å². The maximum atomic E-state index is 3.48. The molecule has 0 aliphatic carbocycles. The summed E-state index contributed by atoms with van der Waals surface area (Å²) in [7, 11) is 0. The van der Waals surface area contributed by atoms with Crippen LogP contribution in [0.1, 0.15) is 45.2 Å². The van der Waals surface area contributed by atoms with E-state index in [-0.39, 0.29) is 0 Å². The normalized spacial score (nSPS) is 27.7. The maximum Gasteiger partial charge on any atom is 0.0389 e. The number of benzene rings is 1. The number of fused-ring (bicyclic) bond motifs is 1. The number of hydrogen-bond donors (Lipinski definition) is 1. The van der Waals surface area contributed by atoms with E-state index in [9.17, 15) is 0 Å². The van der Waals surface area contributed by atoms with E-state index in [0.717, 1.165) is 12.6 Å². The quantitative estimate of drug-likeness (QED) is 0.918. The van der Waals surface area contributed by atoms with Gasteiger partial charge in [0.25, 0.3) is 0 Å². The Labute approximate surface area is 129 Å². The fraction of sp³-hybridized carbons (Fsp3) is 0.667. The first-order chi connectivity index (χ1) is 10.2. The molecule has 3 atom stereocenters.